The second-order valence-corrected chi connectivity index (χ2v) is 5.28. The smallest absolute Gasteiger partial charge is 0.129 e. The molecule has 0 atom stereocenters. The molecule has 21 heavy (non-hydrogen) atoms. The summed E-state index contributed by atoms with van der Waals surface area (Å²) >= 11 is 0. The summed E-state index contributed by atoms with van der Waals surface area (Å²) < 4.78 is 5.31. The van der Waals surface area contributed by atoms with Crippen molar-refractivity contribution < 1.29 is 4.74 Å². The lowest BCUT2D eigenvalue weighted by Gasteiger charge is -2.39. The van der Waals surface area contributed by atoms with Gasteiger partial charge >= 0.3 is 0 Å². The Balaban J connectivity index is 1.70. The van der Waals surface area contributed by atoms with E-state index in [0.717, 1.165) is 41.1 Å². The predicted molar refractivity (Wildman–Crippen MR) is 82.3 cm³/mol. The number of methoxy groups -OCH3 is 1. The van der Waals surface area contributed by atoms with E-state index in [0.29, 0.717) is 6.10 Å². The van der Waals surface area contributed by atoms with Crippen LogP contribution in [-0.2, 0) is 4.74 Å². The van der Waals surface area contributed by atoms with Crippen molar-refractivity contribution in [1.82, 2.24) is 15.2 Å². The highest BCUT2D eigenvalue weighted by Crippen LogP contribution is 2.29. The zero-order chi connectivity index (χ0) is 14.2. The Kier molecular flexibility index (Phi) is 2.86. The summed E-state index contributed by atoms with van der Waals surface area (Å²) in [5.41, 5.74) is 3.10. The molecular formula is C16H16N4O. The Morgan fingerprint density at radius 3 is 2.95 bits per heavy atom. The highest BCUT2D eigenvalue weighted by atomic mass is 16.5. The van der Waals surface area contributed by atoms with Gasteiger partial charge in [-0.05, 0) is 18.2 Å². The average Bonchev–Trinajstić information content (AvgIpc) is 2.90. The van der Waals surface area contributed by atoms with Crippen LogP contribution in [-0.4, -0.2) is 41.5 Å². The molecule has 0 radical (unpaired) electrons. The van der Waals surface area contributed by atoms with E-state index in [1.165, 1.54) is 0 Å². The molecule has 0 aliphatic carbocycles. The number of rotatable bonds is 3. The first kappa shape index (κ1) is 12.3. The molecule has 1 fully saturated rings. The third-order valence-electron chi connectivity index (χ3n) is 3.99. The van der Waals surface area contributed by atoms with Crippen LogP contribution in [0.15, 0.2) is 42.6 Å². The zero-order valence-corrected chi connectivity index (χ0v) is 11.8. The van der Waals surface area contributed by atoms with Gasteiger partial charge in [-0.15, -0.1) is 0 Å². The van der Waals surface area contributed by atoms with E-state index in [1.807, 2.05) is 30.5 Å². The molecule has 0 amide bonds. The Bertz CT molecular complexity index is 777. The van der Waals surface area contributed by atoms with Gasteiger partial charge in [0.15, 0.2) is 0 Å². The fourth-order valence-electron chi connectivity index (χ4n) is 2.70. The number of nitrogens with zero attached hydrogens (tertiary/aromatic N) is 3. The number of hydrogen-bond acceptors (Lipinski definition) is 4. The van der Waals surface area contributed by atoms with E-state index in [2.05, 4.69) is 32.2 Å². The number of pyridine rings is 1. The van der Waals surface area contributed by atoms with Crippen LogP contribution < -0.4 is 4.90 Å². The summed E-state index contributed by atoms with van der Waals surface area (Å²) in [5, 5.41) is 8.65. The van der Waals surface area contributed by atoms with Crippen molar-refractivity contribution in [2.24, 2.45) is 0 Å². The first-order valence-electron chi connectivity index (χ1n) is 7.02. The van der Waals surface area contributed by atoms with E-state index in [4.69, 9.17) is 4.74 Å². The first-order valence-corrected chi connectivity index (χ1v) is 7.02. The van der Waals surface area contributed by atoms with Crippen LogP contribution in [0.1, 0.15) is 0 Å². The number of hydrogen-bond donors (Lipinski definition) is 1. The van der Waals surface area contributed by atoms with Gasteiger partial charge in [0.25, 0.3) is 0 Å². The molecule has 0 unspecified atom stereocenters. The maximum Gasteiger partial charge on any atom is 0.129 e. The van der Waals surface area contributed by atoms with Crippen molar-refractivity contribution >= 4 is 16.7 Å². The normalized spacial score (nSPS) is 15.4. The van der Waals surface area contributed by atoms with Crippen molar-refractivity contribution in [3.63, 3.8) is 0 Å². The standard InChI is InChI=1S/C16H16N4O/c1-21-12-9-20(10-12)15-8-11(6-7-17-15)16-13-4-2-3-5-14(13)18-19-16/h2-8,12H,9-10H2,1H3,(H,18,19). The summed E-state index contributed by atoms with van der Waals surface area (Å²) in [6, 6.07) is 12.2. The Labute approximate surface area is 122 Å². The minimum atomic E-state index is 0.321. The van der Waals surface area contributed by atoms with E-state index in [9.17, 15) is 0 Å². The van der Waals surface area contributed by atoms with Gasteiger partial charge < -0.3 is 9.64 Å². The van der Waals surface area contributed by atoms with E-state index < -0.39 is 0 Å². The molecule has 1 aliphatic heterocycles. The van der Waals surface area contributed by atoms with Crippen LogP contribution in [0.2, 0.25) is 0 Å². The lowest BCUT2D eigenvalue weighted by Crippen LogP contribution is -2.52. The minimum Gasteiger partial charge on any atom is -0.378 e. The largest absolute Gasteiger partial charge is 0.378 e. The molecule has 3 aromatic rings. The van der Waals surface area contributed by atoms with Gasteiger partial charge in [-0.1, -0.05) is 18.2 Å². The van der Waals surface area contributed by atoms with Crippen molar-refractivity contribution in [3.05, 3.63) is 42.6 Å². The number of nitrogens with one attached hydrogen (secondary N) is 1. The number of aromatic amines is 1. The van der Waals surface area contributed by atoms with Gasteiger partial charge in [0.1, 0.15) is 11.5 Å². The number of fused-ring (bicyclic) bond motifs is 1. The third-order valence-corrected chi connectivity index (χ3v) is 3.99. The molecule has 1 N–H and O–H groups in total. The summed E-state index contributed by atoms with van der Waals surface area (Å²) in [6.45, 7) is 1.79. The number of benzene rings is 1. The lowest BCUT2D eigenvalue weighted by molar-refractivity contribution is 0.0783. The molecule has 0 bridgehead atoms. The summed E-state index contributed by atoms with van der Waals surface area (Å²) in [5.74, 6) is 0.980. The molecule has 1 aromatic carbocycles. The van der Waals surface area contributed by atoms with Gasteiger partial charge in [0.05, 0.1) is 11.6 Å². The SMILES string of the molecule is COC1CN(c2cc(-c3n[nH]c4ccccc34)ccn2)C1. The van der Waals surface area contributed by atoms with Crippen LogP contribution in [0.3, 0.4) is 0 Å². The van der Waals surface area contributed by atoms with Crippen LogP contribution >= 0.6 is 0 Å². The molecule has 5 nitrogen and oxygen atoms in total. The molecule has 2 aromatic heterocycles. The molecule has 1 aliphatic rings. The summed E-state index contributed by atoms with van der Waals surface area (Å²) in [7, 11) is 1.75. The minimum absolute atomic E-state index is 0.321. The van der Waals surface area contributed by atoms with Crippen LogP contribution in [0, 0.1) is 0 Å². The van der Waals surface area contributed by atoms with Crippen molar-refractivity contribution in [1.29, 1.82) is 0 Å². The summed E-state index contributed by atoms with van der Waals surface area (Å²) in [4.78, 5) is 6.67. The first-order chi connectivity index (χ1) is 10.3. The van der Waals surface area contributed by atoms with Crippen molar-refractivity contribution in [3.8, 4) is 11.3 Å². The molecule has 1 saturated heterocycles. The molecule has 106 valence electrons. The van der Waals surface area contributed by atoms with Crippen molar-refractivity contribution in [2.45, 2.75) is 6.10 Å². The Hall–Kier alpha value is -2.40. The van der Waals surface area contributed by atoms with Crippen LogP contribution in [0.5, 0.6) is 0 Å². The van der Waals surface area contributed by atoms with E-state index >= 15 is 0 Å². The number of para-hydroxylation sites is 1. The molecule has 0 spiro atoms. The zero-order valence-electron chi connectivity index (χ0n) is 11.8. The summed E-state index contributed by atoms with van der Waals surface area (Å²) in [6.07, 6.45) is 2.16. The quantitative estimate of drug-likeness (QED) is 0.800. The highest BCUT2D eigenvalue weighted by Gasteiger charge is 2.27. The fourth-order valence-corrected chi connectivity index (χ4v) is 2.70. The highest BCUT2D eigenvalue weighted by molar-refractivity contribution is 5.93. The van der Waals surface area contributed by atoms with Gasteiger partial charge in [0, 0.05) is 37.3 Å². The fraction of sp³-hybridized carbons (Fsp3) is 0.250. The van der Waals surface area contributed by atoms with Crippen LogP contribution in [0.4, 0.5) is 5.82 Å². The number of aromatic nitrogens is 3. The second kappa shape index (κ2) is 4.86. The molecule has 5 heteroatoms. The van der Waals surface area contributed by atoms with Gasteiger partial charge in [-0.25, -0.2) is 4.98 Å². The van der Waals surface area contributed by atoms with Gasteiger partial charge in [0.2, 0.25) is 0 Å². The number of anilines is 1. The maximum absolute atomic E-state index is 5.31. The Morgan fingerprint density at radius 2 is 2.10 bits per heavy atom. The van der Waals surface area contributed by atoms with Crippen LogP contribution in [0.25, 0.3) is 22.2 Å². The molecule has 3 heterocycles. The lowest BCUT2D eigenvalue weighted by atomic mass is 10.1. The van der Waals surface area contributed by atoms with Crippen molar-refractivity contribution in [2.75, 3.05) is 25.1 Å². The molecular weight excluding hydrogens is 264 g/mol. The molecule has 4 rings (SSSR count). The molecule has 0 saturated carbocycles. The topological polar surface area (TPSA) is 54.0 Å². The van der Waals surface area contributed by atoms with E-state index in [1.54, 1.807) is 7.11 Å². The predicted octanol–water partition coefficient (Wildman–Crippen LogP) is 2.46. The maximum atomic E-state index is 5.31. The third kappa shape index (κ3) is 2.06. The number of H-pyrrole nitrogens is 1. The monoisotopic (exact) mass is 280 g/mol. The second-order valence-electron chi connectivity index (χ2n) is 5.28. The van der Waals surface area contributed by atoms with Gasteiger partial charge in [-0.3, -0.25) is 5.10 Å². The van der Waals surface area contributed by atoms with E-state index in [-0.39, 0.29) is 0 Å². The van der Waals surface area contributed by atoms with Gasteiger partial charge in [-0.2, -0.15) is 5.10 Å². The average molecular weight is 280 g/mol. The Morgan fingerprint density at radius 1 is 1.24 bits per heavy atom. The number of ether oxygens (including phenoxy) is 1.